The van der Waals surface area contributed by atoms with Gasteiger partial charge < -0.3 is 0 Å². The maximum absolute atomic E-state index is 11.6. The Bertz CT molecular complexity index is 495. The molecule has 0 aliphatic carbocycles. The standard InChI is InChI=1S/C10H14N6O3/c11-12-10(19)7-6-15(14-13-7)4-5-16-8(17)2-1-3-9(16)18/h6H,1-5,11H2,(H,12,19). The molecule has 0 unspecified atom stereocenters. The number of hydrogen-bond acceptors (Lipinski definition) is 6. The number of nitrogen functional groups attached to an aromatic ring is 1. The molecule has 0 radical (unpaired) electrons. The number of carbonyl (C=O) groups is 3. The topological polar surface area (TPSA) is 123 Å². The number of nitrogens with one attached hydrogen (secondary N) is 1. The largest absolute Gasteiger partial charge is 0.289 e. The van der Waals surface area contributed by atoms with E-state index in [9.17, 15) is 14.4 Å². The minimum atomic E-state index is -0.545. The van der Waals surface area contributed by atoms with E-state index in [0.29, 0.717) is 25.8 Å². The number of imide groups is 1. The van der Waals surface area contributed by atoms with Crippen LogP contribution in [0.5, 0.6) is 0 Å². The van der Waals surface area contributed by atoms with Crippen LogP contribution in [0.1, 0.15) is 29.8 Å². The molecular weight excluding hydrogens is 252 g/mol. The molecule has 9 nitrogen and oxygen atoms in total. The quantitative estimate of drug-likeness (QED) is 0.293. The number of likely N-dealkylation sites (tertiary alicyclic amines) is 1. The summed E-state index contributed by atoms with van der Waals surface area (Å²) in [5, 5.41) is 7.34. The first kappa shape index (κ1) is 13.1. The average Bonchev–Trinajstić information content (AvgIpc) is 2.86. The summed E-state index contributed by atoms with van der Waals surface area (Å²) in [6.45, 7) is 0.521. The van der Waals surface area contributed by atoms with E-state index in [1.807, 2.05) is 5.43 Å². The predicted molar refractivity (Wildman–Crippen MR) is 62.2 cm³/mol. The van der Waals surface area contributed by atoms with Crippen LogP contribution < -0.4 is 11.3 Å². The molecule has 0 spiro atoms. The van der Waals surface area contributed by atoms with Crippen LogP contribution in [-0.4, -0.2) is 44.2 Å². The van der Waals surface area contributed by atoms with E-state index in [-0.39, 0.29) is 24.1 Å². The molecule has 0 bridgehead atoms. The van der Waals surface area contributed by atoms with Gasteiger partial charge in [-0.1, -0.05) is 5.21 Å². The van der Waals surface area contributed by atoms with Gasteiger partial charge in [-0.25, -0.2) is 10.5 Å². The zero-order chi connectivity index (χ0) is 13.8. The smallest absolute Gasteiger partial charge is 0.287 e. The van der Waals surface area contributed by atoms with E-state index >= 15 is 0 Å². The molecule has 102 valence electrons. The van der Waals surface area contributed by atoms with Gasteiger partial charge in [-0.15, -0.1) is 5.10 Å². The van der Waals surface area contributed by atoms with E-state index < -0.39 is 5.91 Å². The Morgan fingerprint density at radius 1 is 1.32 bits per heavy atom. The normalized spacial score (nSPS) is 15.7. The molecule has 1 aliphatic rings. The Labute approximate surface area is 108 Å². The Kier molecular flexibility index (Phi) is 3.85. The molecular formula is C10H14N6O3. The molecule has 1 aliphatic heterocycles. The molecule has 0 atom stereocenters. The van der Waals surface area contributed by atoms with Crippen molar-refractivity contribution in [1.29, 1.82) is 0 Å². The third-order valence-corrected chi connectivity index (χ3v) is 2.84. The molecule has 0 aromatic carbocycles. The first-order valence-electron chi connectivity index (χ1n) is 5.86. The van der Waals surface area contributed by atoms with Gasteiger partial charge in [0.25, 0.3) is 5.91 Å². The number of nitrogens with zero attached hydrogens (tertiary/aromatic N) is 4. The van der Waals surface area contributed by atoms with Crippen LogP contribution in [0.4, 0.5) is 0 Å². The van der Waals surface area contributed by atoms with Crippen molar-refractivity contribution in [3.05, 3.63) is 11.9 Å². The zero-order valence-electron chi connectivity index (χ0n) is 10.2. The highest BCUT2D eigenvalue weighted by atomic mass is 16.2. The number of rotatable bonds is 4. The minimum Gasteiger partial charge on any atom is -0.289 e. The number of hydrazine groups is 1. The van der Waals surface area contributed by atoms with Crippen LogP contribution in [0.3, 0.4) is 0 Å². The lowest BCUT2D eigenvalue weighted by atomic mass is 10.1. The molecule has 19 heavy (non-hydrogen) atoms. The summed E-state index contributed by atoms with van der Waals surface area (Å²) in [7, 11) is 0. The summed E-state index contributed by atoms with van der Waals surface area (Å²) in [6, 6.07) is 0. The van der Waals surface area contributed by atoms with Crippen molar-refractivity contribution in [3.63, 3.8) is 0 Å². The van der Waals surface area contributed by atoms with Crippen molar-refractivity contribution >= 4 is 17.7 Å². The summed E-state index contributed by atoms with van der Waals surface area (Å²) in [6.07, 6.45) is 2.80. The summed E-state index contributed by atoms with van der Waals surface area (Å²) >= 11 is 0. The zero-order valence-corrected chi connectivity index (χ0v) is 10.2. The number of aromatic nitrogens is 3. The molecule has 0 saturated carbocycles. The van der Waals surface area contributed by atoms with E-state index in [1.54, 1.807) is 0 Å². The lowest BCUT2D eigenvalue weighted by Gasteiger charge is -2.24. The van der Waals surface area contributed by atoms with Crippen molar-refractivity contribution in [2.75, 3.05) is 6.54 Å². The number of nitrogens with two attached hydrogens (primary N) is 1. The second-order valence-electron chi connectivity index (χ2n) is 4.13. The Hall–Kier alpha value is -2.29. The predicted octanol–water partition coefficient (Wildman–Crippen LogP) is -1.58. The molecule has 1 aromatic heterocycles. The number of carbonyl (C=O) groups excluding carboxylic acids is 3. The van der Waals surface area contributed by atoms with Gasteiger partial charge in [0.2, 0.25) is 11.8 Å². The fraction of sp³-hybridized carbons (Fsp3) is 0.500. The van der Waals surface area contributed by atoms with Crippen LogP contribution in [0.15, 0.2) is 6.20 Å². The van der Waals surface area contributed by atoms with Crippen LogP contribution in [0, 0.1) is 0 Å². The van der Waals surface area contributed by atoms with E-state index in [1.165, 1.54) is 15.8 Å². The summed E-state index contributed by atoms with van der Waals surface area (Å²) in [5.74, 6) is 4.08. The molecule has 1 fully saturated rings. The van der Waals surface area contributed by atoms with Crippen LogP contribution in [-0.2, 0) is 16.1 Å². The van der Waals surface area contributed by atoms with E-state index in [4.69, 9.17) is 5.84 Å². The highest BCUT2D eigenvalue weighted by Crippen LogP contribution is 2.11. The van der Waals surface area contributed by atoms with Crippen molar-refractivity contribution in [2.24, 2.45) is 5.84 Å². The molecule has 2 rings (SSSR count). The van der Waals surface area contributed by atoms with Gasteiger partial charge in [0.1, 0.15) is 0 Å². The van der Waals surface area contributed by atoms with Crippen molar-refractivity contribution in [2.45, 2.75) is 25.8 Å². The number of hydrogen-bond donors (Lipinski definition) is 2. The molecule has 9 heteroatoms. The Balaban J connectivity index is 1.94. The van der Waals surface area contributed by atoms with Gasteiger partial charge in [0.05, 0.1) is 12.7 Å². The summed E-state index contributed by atoms with van der Waals surface area (Å²) in [4.78, 5) is 35.5. The van der Waals surface area contributed by atoms with E-state index in [2.05, 4.69) is 10.3 Å². The fourth-order valence-electron chi connectivity index (χ4n) is 1.84. The van der Waals surface area contributed by atoms with Crippen molar-refractivity contribution < 1.29 is 14.4 Å². The van der Waals surface area contributed by atoms with Crippen molar-refractivity contribution in [3.8, 4) is 0 Å². The Morgan fingerprint density at radius 3 is 2.63 bits per heavy atom. The molecule has 3 amide bonds. The summed E-state index contributed by atoms with van der Waals surface area (Å²) in [5.41, 5.74) is 2.02. The highest BCUT2D eigenvalue weighted by molar-refractivity contribution is 5.97. The minimum absolute atomic E-state index is 0.0822. The SMILES string of the molecule is NNC(=O)c1cn(CCN2C(=O)CCCC2=O)nn1. The van der Waals surface area contributed by atoms with Crippen LogP contribution in [0.25, 0.3) is 0 Å². The fourth-order valence-corrected chi connectivity index (χ4v) is 1.84. The molecule has 3 N–H and O–H groups in total. The third-order valence-electron chi connectivity index (χ3n) is 2.84. The lowest BCUT2D eigenvalue weighted by molar-refractivity contribution is -0.148. The maximum atomic E-state index is 11.6. The van der Waals surface area contributed by atoms with Crippen LogP contribution in [0.2, 0.25) is 0 Å². The van der Waals surface area contributed by atoms with Gasteiger partial charge in [-0.05, 0) is 6.42 Å². The average molecular weight is 266 g/mol. The molecule has 2 heterocycles. The van der Waals surface area contributed by atoms with E-state index in [0.717, 1.165) is 0 Å². The van der Waals surface area contributed by atoms with Gasteiger partial charge in [-0.3, -0.25) is 24.7 Å². The Morgan fingerprint density at radius 2 is 2.00 bits per heavy atom. The molecule has 1 aromatic rings. The monoisotopic (exact) mass is 266 g/mol. The van der Waals surface area contributed by atoms with Gasteiger partial charge in [0, 0.05) is 19.4 Å². The molecule has 1 saturated heterocycles. The first-order chi connectivity index (χ1) is 9.11. The highest BCUT2D eigenvalue weighted by Gasteiger charge is 2.25. The first-order valence-corrected chi connectivity index (χ1v) is 5.86. The summed E-state index contributed by atoms with van der Waals surface area (Å²) < 4.78 is 1.39. The van der Waals surface area contributed by atoms with Gasteiger partial charge in [-0.2, -0.15) is 0 Å². The lowest BCUT2D eigenvalue weighted by Crippen LogP contribution is -2.41. The second kappa shape index (κ2) is 5.57. The third kappa shape index (κ3) is 2.94. The second-order valence-corrected chi connectivity index (χ2v) is 4.13. The van der Waals surface area contributed by atoms with Gasteiger partial charge >= 0.3 is 0 Å². The maximum Gasteiger partial charge on any atom is 0.287 e. The van der Waals surface area contributed by atoms with Crippen LogP contribution >= 0.6 is 0 Å². The van der Waals surface area contributed by atoms with Gasteiger partial charge in [0.15, 0.2) is 5.69 Å². The van der Waals surface area contributed by atoms with Crippen molar-refractivity contribution in [1.82, 2.24) is 25.3 Å². The number of amides is 3. The number of piperidine rings is 1.